The van der Waals surface area contributed by atoms with Crippen molar-refractivity contribution in [2.24, 2.45) is 23.5 Å². The fraction of sp³-hybridized carbons (Fsp3) is 0.660. The molecule has 18 unspecified atom stereocenters. The van der Waals surface area contributed by atoms with Gasteiger partial charge in [0.15, 0.2) is 12.1 Å². The van der Waals surface area contributed by atoms with Crippen molar-refractivity contribution in [3.63, 3.8) is 0 Å². The number of carboxylic acids is 1. The summed E-state index contributed by atoms with van der Waals surface area (Å²) in [6.07, 6.45) is 3.46. The van der Waals surface area contributed by atoms with Crippen molar-refractivity contribution in [2.75, 3.05) is 0 Å². The lowest BCUT2D eigenvalue weighted by molar-refractivity contribution is -0.308. The summed E-state index contributed by atoms with van der Waals surface area (Å²) in [5, 5.41) is 118. The van der Waals surface area contributed by atoms with Crippen molar-refractivity contribution >= 4 is 11.9 Å². The monoisotopic (exact) mass is 923 g/mol. The second kappa shape index (κ2) is 27.4. The molecule has 2 fully saturated rings. The maximum Gasteiger partial charge on any atom is 0.311 e. The first kappa shape index (κ1) is 55.9. The van der Waals surface area contributed by atoms with Crippen LogP contribution in [-0.2, 0) is 28.5 Å². The van der Waals surface area contributed by atoms with Gasteiger partial charge in [-0.05, 0) is 33.1 Å². The Morgan fingerprint density at radius 3 is 1.82 bits per heavy atom. The molecule has 0 aliphatic carbocycles. The summed E-state index contributed by atoms with van der Waals surface area (Å²) in [5.41, 5.74) is 6.02. The molecule has 2 saturated heterocycles. The Labute approximate surface area is 381 Å². The average Bonchev–Trinajstić information content (AvgIpc) is 3.21. The normalized spacial score (nSPS) is 45.5. The Morgan fingerprint density at radius 2 is 1.23 bits per heavy atom. The Bertz CT molecular complexity index is 1670. The summed E-state index contributed by atoms with van der Waals surface area (Å²) in [6.45, 7) is 6.74. The average molecular weight is 924 g/mol. The van der Waals surface area contributed by atoms with Crippen molar-refractivity contribution in [2.45, 2.75) is 177 Å². The van der Waals surface area contributed by atoms with Gasteiger partial charge >= 0.3 is 11.9 Å². The van der Waals surface area contributed by atoms with E-state index >= 15 is 0 Å². The summed E-state index contributed by atoms with van der Waals surface area (Å²) in [4.78, 5) is 25.1. The van der Waals surface area contributed by atoms with Gasteiger partial charge in [0.1, 0.15) is 18.1 Å². The molecular formula is C47H73NO17. The highest BCUT2D eigenvalue weighted by Gasteiger charge is 2.51. The minimum Gasteiger partial charge on any atom is -0.481 e. The molecule has 0 spiro atoms. The lowest BCUT2D eigenvalue weighted by Gasteiger charge is -2.45. The number of cyclic esters (lactones) is 1. The van der Waals surface area contributed by atoms with Crippen molar-refractivity contribution in [1.29, 1.82) is 0 Å². The van der Waals surface area contributed by atoms with E-state index in [4.69, 9.17) is 24.7 Å². The third kappa shape index (κ3) is 18.6. The molecule has 0 aromatic heterocycles. The highest BCUT2D eigenvalue weighted by Crippen LogP contribution is 2.38. The van der Waals surface area contributed by atoms with Gasteiger partial charge in [-0.1, -0.05) is 98.9 Å². The Hall–Kier alpha value is -3.44. The van der Waals surface area contributed by atoms with Gasteiger partial charge in [0.05, 0.1) is 79.6 Å². The highest BCUT2D eigenvalue weighted by atomic mass is 16.7. The molecule has 0 aromatic rings. The van der Waals surface area contributed by atoms with E-state index in [1.165, 1.54) is 13.0 Å². The lowest BCUT2D eigenvalue weighted by Crippen LogP contribution is -2.61. The standard InChI is InChI=1S/C47H73NO17/c1-27-17-15-13-11-9-7-5-6-8-10-12-14-16-18-34(64-46-44(58)41(48)43(57)30(4)63-46)24-38-40(45(59)60)37(54)26-47(61,65-38)25-33(51)22-36(53)35(52)20-19-31(49)21-32(50)23-39(55)62-29(3)28(2)42(27)56/h5-18,27-38,40-44,46,49-54,56-58,61H,19-26,48H2,1-4H3,(H,59,60)/b6-5+,9-7+,10-8-,13-11+,14-12+,17-15+,18-16+/t27?,28?,29?,30?,31?,32?,33?,34?,35?,36?,37?,38?,40?,41?,42?,43?,44?,46?,47-/m0/s1. The van der Waals surface area contributed by atoms with E-state index in [2.05, 4.69) is 0 Å². The number of allylic oxidation sites excluding steroid dienone is 12. The molecule has 0 aromatic carbocycles. The first-order valence-electron chi connectivity index (χ1n) is 22.3. The second-order valence-electron chi connectivity index (χ2n) is 17.6. The van der Waals surface area contributed by atoms with Crippen LogP contribution < -0.4 is 5.73 Å². The van der Waals surface area contributed by atoms with Crippen molar-refractivity contribution in [3.05, 3.63) is 85.1 Å². The third-order valence-corrected chi connectivity index (χ3v) is 12.0. The SMILES string of the molecule is CC1/C=C/C=C/C=C/C=C/C=C\C=C\C=C\C(OC2OC(C)C(O)C(N)C2O)CC2O[C@@](O)(CC(O)CC(O)C(O)CCC(O)CC(O)CC(=O)OC(C)C(C)C1O)CC(O)C2C(=O)O. The number of hydrogen-bond donors (Lipinski definition) is 12. The fourth-order valence-electron chi connectivity index (χ4n) is 7.97. The number of aliphatic hydroxyl groups is 10. The first-order chi connectivity index (χ1) is 30.6. The number of carboxylic acid groups (broad SMARTS) is 1. The summed E-state index contributed by atoms with van der Waals surface area (Å²) < 4.78 is 23.1. The number of fused-ring (bicyclic) bond motifs is 2. The molecule has 65 heavy (non-hydrogen) atoms. The van der Waals surface area contributed by atoms with E-state index in [9.17, 15) is 65.8 Å². The van der Waals surface area contributed by atoms with Crippen LogP contribution in [0.5, 0.6) is 0 Å². The third-order valence-electron chi connectivity index (χ3n) is 12.0. The molecule has 3 rings (SSSR count). The van der Waals surface area contributed by atoms with Crippen LogP contribution >= 0.6 is 0 Å². The zero-order chi connectivity index (χ0) is 48.4. The van der Waals surface area contributed by atoms with Gasteiger partial charge in [0, 0.05) is 37.5 Å². The topological polar surface area (TPSA) is 320 Å². The number of carbonyl (C=O) groups excluding carboxylic acids is 1. The van der Waals surface area contributed by atoms with Crippen LogP contribution in [0, 0.1) is 17.8 Å². The van der Waals surface area contributed by atoms with Crippen molar-refractivity contribution in [3.8, 4) is 0 Å². The highest BCUT2D eigenvalue weighted by molar-refractivity contribution is 5.71. The van der Waals surface area contributed by atoms with Gasteiger partial charge in [0.25, 0.3) is 0 Å². The van der Waals surface area contributed by atoms with Gasteiger partial charge in [-0.3, -0.25) is 9.59 Å². The maximum absolute atomic E-state index is 12.6. The van der Waals surface area contributed by atoms with Crippen LogP contribution in [0.4, 0.5) is 0 Å². The van der Waals surface area contributed by atoms with Gasteiger partial charge in [-0.2, -0.15) is 0 Å². The molecule has 0 amide bonds. The Balaban J connectivity index is 1.86. The van der Waals surface area contributed by atoms with Gasteiger partial charge < -0.3 is 80.9 Å². The van der Waals surface area contributed by atoms with E-state index in [0.29, 0.717) is 0 Å². The smallest absolute Gasteiger partial charge is 0.311 e. The quantitative estimate of drug-likeness (QED) is 0.174. The number of rotatable bonds is 3. The largest absolute Gasteiger partial charge is 0.481 e. The number of carbonyl (C=O) groups is 2. The van der Waals surface area contributed by atoms with E-state index in [0.717, 1.165) is 0 Å². The van der Waals surface area contributed by atoms with E-state index in [-0.39, 0.29) is 31.6 Å². The minimum atomic E-state index is -2.33. The summed E-state index contributed by atoms with van der Waals surface area (Å²) >= 11 is 0. The molecule has 18 heteroatoms. The number of aliphatic carboxylic acids is 1. The Morgan fingerprint density at radius 1 is 0.662 bits per heavy atom. The molecule has 18 nitrogen and oxygen atoms in total. The maximum atomic E-state index is 12.6. The van der Waals surface area contributed by atoms with Crippen LogP contribution in [0.15, 0.2) is 85.1 Å². The van der Waals surface area contributed by atoms with Crippen molar-refractivity contribution < 1.29 is 84.7 Å². The molecule has 3 aliphatic rings. The van der Waals surface area contributed by atoms with Gasteiger partial charge in [-0.25, -0.2) is 0 Å². The second-order valence-corrected chi connectivity index (χ2v) is 17.6. The zero-order valence-corrected chi connectivity index (χ0v) is 37.6. The van der Waals surface area contributed by atoms with E-state index in [1.807, 2.05) is 19.1 Å². The minimum absolute atomic E-state index is 0.107. The van der Waals surface area contributed by atoms with Gasteiger partial charge in [0.2, 0.25) is 0 Å². The molecule has 3 aliphatic heterocycles. The first-order valence-corrected chi connectivity index (χ1v) is 22.3. The summed E-state index contributed by atoms with van der Waals surface area (Å²) in [7, 11) is 0. The lowest BCUT2D eigenvalue weighted by atomic mass is 9.82. The summed E-state index contributed by atoms with van der Waals surface area (Å²) in [6, 6.07) is -1.15. The molecule has 0 radical (unpaired) electrons. The fourth-order valence-corrected chi connectivity index (χ4v) is 7.97. The number of nitrogens with two attached hydrogens (primary N) is 1. The van der Waals surface area contributed by atoms with Crippen LogP contribution in [0.2, 0.25) is 0 Å². The number of hydrogen-bond acceptors (Lipinski definition) is 17. The molecule has 3 heterocycles. The molecule has 2 bridgehead atoms. The van der Waals surface area contributed by atoms with Crippen LogP contribution in [0.25, 0.3) is 0 Å². The van der Waals surface area contributed by atoms with E-state index in [1.54, 1.807) is 80.7 Å². The van der Waals surface area contributed by atoms with Crippen LogP contribution in [0.3, 0.4) is 0 Å². The van der Waals surface area contributed by atoms with Crippen LogP contribution in [-0.4, -0.2) is 166 Å². The van der Waals surface area contributed by atoms with Crippen molar-refractivity contribution in [1.82, 2.24) is 0 Å². The molecule has 368 valence electrons. The predicted octanol–water partition coefficient (Wildman–Crippen LogP) is 0.712. The molecule has 19 atom stereocenters. The summed E-state index contributed by atoms with van der Waals surface area (Å²) in [5.74, 6) is -6.83. The van der Waals surface area contributed by atoms with Crippen LogP contribution in [0.1, 0.15) is 79.1 Å². The van der Waals surface area contributed by atoms with Gasteiger partial charge in [-0.15, -0.1) is 0 Å². The zero-order valence-electron chi connectivity index (χ0n) is 37.6. The predicted molar refractivity (Wildman–Crippen MR) is 237 cm³/mol. The Kier molecular flexibility index (Phi) is 23.6. The number of esters is 1. The number of ether oxygens (including phenoxy) is 4. The molecule has 0 saturated carbocycles. The number of aliphatic hydroxyl groups excluding tert-OH is 9. The molecule has 13 N–H and O–H groups in total. The molecular weight excluding hydrogens is 851 g/mol. The van der Waals surface area contributed by atoms with E-state index < -0.39 is 147 Å².